The van der Waals surface area contributed by atoms with E-state index in [0.717, 1.165) is 5.56 Å². The van der Waals surface area contributed by atoms with Gasteiger partial charge in [-0.25, -0.2) is 8.42 Å². The van der Waals surface area contributed by atoms with Crippen LogP contribution in [0, 0.1) is 19.3 Å². The van der Waals surface area contributed by atoms with Crippen molar-refractivity contribution in [1.29, 1.82) is 0 Å². The van der Waals surface area contributed by atoms with Gasteiger partial charge in [-0.1, -0.05) is 31.0 Å². The number of hydrogen-bond acceptors (Lipinski definition) is 2. The molecule has 0 bridgehead atoms. The first-order chi connectivity index (χ1) is 7.54. The molecule has 1 rings (SSSR count). The van der Waals surface area contributed by atoms with E-state index < -0.39 is 10.0 Å². The summed E-state index contributed by atoms with van der Waals surface area (Å²) < 4.78 is 25.7. The molecule has 3 nitrogen and oxygen atoms in total. The second-order valence-corrected chi connectivity index (χ2v) is 5.31. The van der Waals surface area contributed by atoms with Gasteiger partial charge in [0.25, 0.3) is 0 Å². The van der Waals surface area contributed by atoms with E-state index >= 15 is 0 Å². The summed E-state index contributed by atoms with van der Waals surface area (Å²) in [6, 6.07) is 6.90. The van der Waals surface area contributed by atoms with E-state index in [4.69, 9.17) is 6.42 Å². The molecule has 0 aromatic heterocycles. The Bertz CT molecular complexity index is 500. The summed E-state index contributed by atoms with van der Waals surface area (Å²) in [7, 11) is -3.45. The van der Waals surface area contributed by atoms with Gasteiger partial charge in [0.05, 0.1) is 11.4 Å². The van der Waals surface area contributed by atoms with Crippen molar-refractivity contribution in [1.82, 2.24) is 4.31 Å². The molecule has 0 unspecified atom stereocenters. The third kappa shape index (κ3) is 2.43. The third-order valence-electron chi connectivity index (χ3n) is 2.33. The summed E-state index contributed by atoms with van der Waals surface area (Å²) in [6.45, 7) is 4.03. The van der Waals surface area contributed by atoms with E-state index in [9.17, 15) is 8.42 Å². The van der Waals surface area contributed by atoms with Crippen LogP contribution in [0.25, 0.3) is 0 Å². The number of nitrogens with zero attached hydrogens (tertiary/aromatic N) is 1. The number of terminal acetylenes is 1. The Morgan fingerprint density at radius 3 is 2.50 bits per heavy atom. The van der Waals surface area contributed by atoms with Gasteiger partial charge in [0.15, 0.2) is 0 Å². The first-order valence-electron chi connectivity index (χ1n) is 5.03. The number of hydrogen-bond donors (Lipinski definition) is 0. The minimum Gasteiger partial charge on any atom is -0.207 e. The van der Waals surface area contributed by atoms with E-state index in [2.05, 4.69) is 5.92 Å². The Labute approximate surface area is 97.1 Å². The zero-order valence-corrected chi connectivity index (χ0v) is 10.3. The van der Waals surface area contributed by atoms with Crippen LogP contribution < -0.4 is 0 Å². The van der Waals surface area contributed by atoms with Crippen LogP contribution in [0.4, 0.5) is 0 Å². The van der Waals surface area contributed by atoms with Gasteiger partial charge in [-0.2, -0.15) is 4.31 Å². The van der Waals surface area contributed by atoms with Crippen molar-refractivity contribution in [3.05, 3.63) is 29.8 Å². The lowest BCUT2D eigenvalue weighted by atomic mass is 10.2. The van der Waals surface area contributed by atoms with Gasteiger partial charge in [-0.05, 0) is 18.6 Å². The van der Waals surface area contributed by atoms with Crippen LogP contribution in [0.3, 0.4) is 0 Å². The molecule has 1 aromatic carbocycles. The summed E-state index contributed by atoms with van der Waals surface area (Å²) in [5.41, 5.74) is 0.734. The molecule has 0 fully saturated rings. The minimum atomic E-state index is -3.45. The molecule has 0 spiro atoms. The van der Waals surface area contributed by atoms with Gasteiger partial charge in [0.2, 0.25) is 10.0 Å². The molecule has 4 heteroatoms. The lowest BCUT2D eigenvalue weighted by molar-refractivity contribution is 0.463. The van der Waals surface area contributed by atoms with Crippen molar-refractivity contribution in [3.8, 4) is 12.3 Å². The van der Waals surface area contributed by atoms with Gasteiger partial charge in [-0.3, -0.25) is 0 Å². The normalized spacial score (nSPS) is 11.4. The molecule has 0 aliphatic rings. The summed E-state index contributed by atoms with van der Waals surface area (Å²) in [4.78, 5) is 0.326. The third-order valence-corrected chi connectivity index (χ3v) is 4.41. The topological polar surface area (TPSA) is 37.4 Å². The van der Waals surface area contributed by atoms with E-state index in [1.165, 1.54) is 4.31 Å². The van der Waals surface area contributed by atoms with E-state index in [1.54, 1.807) is 32.0 Å². The minimum absolute atomic E-state index is 0.104. The average molecular weight is 237 g/mol. The Morgan fingerprint density at radius 1 is 1.38 bits per heavy atom. The zero-order valence-electron chi connectivity index (χ0n) is 9.47. The molecule has 0 atom stereocenters. The van der Waals surface area contributed by atoms with Crippen molar-refractivity contribution >= 4 is 10.0 Å². The Morgan fingerprint density at radius 2 is 2.00 bits per heavy atom. The predicted molar refractivity (Wildman–Crippen MR) is 64.4 cm³/mol. The molecular weight excluding hydrogens is 222 g/mol. The summed E-state index contributed by atoms with van der Waals surface area (Å²) in [5.74, 6) is 2.36. The molecule has 86 valence electrons. The van der Waals surface area contributed by atoms with E-state index in [-0.39, 0.29) is 6.54 Å². The van der Waals surface area contributed by atoms with Gasteiger partial charge in [0, 0.05) is 6.54 Å². The van der Waals surface area contributed by atoms with E-state index in [1.807, 2.05) is 6.07 Å². The predicted octanol–water partition coefficient (Wildman–Crippen LogP) is 1.64. The Balaban J connectivity index is 3.22. The van der Waals surface area contributed by atoms with Crippen LogP contribution in [-0.4, -0.2) is 25.8 Å². The monoisotopic (exact) mass is 237 g/mol. The Kier molecular flexibility index (Phi) is 4.11. The van der Waals surface area contributed by atoms with Crippen molar-refractivity contribution in [2.45, 2.75) is 18.7 Å². The molecule has 0 aliphatic carbocycles. The van der Waals surface area contributed by atoms with Crippen molar-refractivity contribution in [2.24, 2.45) is 0 Å². The maximum Gasteiger partial charge on any atom is 0.244 e. The molecule has 16 heavy (non-hydrogen) atoms. The highest BCUT2D eigenvalue weighted by Crippen LogP contribution is 2.18. The van der Waals surface area contributed by atoms with E-state index in [0.29, 0.717) is 11.4 Å². The summed E-state index contributed by atoms with van der Waals surface area (Å²) in [5, 5.41) is 0. The molecule has 0 heterocycles. The molecule has 0 radical (unpaired) electrons. The maximum atomic E-state index is 12.2. The smallest absolute Gasteiger partial charge is 0.207 e. The highest BCUT2D eigenvalue weighted by Gasteiger charge is 2.23. The summed E-state index contributed by atoms with van der Waals surface area (Å²) in [6.07, 6.45) is 5.16. The molecule has 0 amide bonds. The van der Waals surface area contributed by atoms with Crippen LogP contribution in [0.5, 0.6) is 0 Å². The van der Waals surface area contributed by atoms with Crippen molar-refractivity contribution < 1.29 is 8.42 Å². The molecule has 0 aliphatic heterocycles. The molecule has 1 aromatic rings. The molecule has 0 saturated heterocycles. The number of sulfonamides is 1. The fraction of sp³-hybridized carbons (Fsp3) is 0.333. The fourth-order valence-corrected chi connectivity index (χ4v) is 3.04. The maximum absolute atomic E-state index is 12.2. The lowest BCUT2D eigenvalue weighted by Crippen LogP contribution is -2.31. The van der Waals surface area contributed by atoms with Crippen LogP contribution >= 0.6 is 0 Å². The zero-order chi connectivity index (χ0) is 12.2. The highest BCUT2D eigenvalue weighted by atomic mass is 32.2. The largest absolute Gasteiger partial charge is 0.244 e. The van der Waals surface area contributed by atoms with Crippen LogP contribution in [-0.2, 0) is 10.0 Å². The number of benzene rings is 1. The second kappa shape index (κ2) is 5.15. The Hall–Kier alpha value is -1.31. The highest BCUT2D eigenvalue weighted by molar-refractivity contribution is 7.89. The SMILES string of the molecule is C#CCN(CC)S(=O)(=O)c1ccccc1C. The average Bonchev–Trinajstić information content (AvgIpc) is 2.26. The van der Waals surface area contributed by atoms with Gasteiger partial charge < -0.3 is 0 Å². The van der Waals surface area contributed by atoms with Gasteiger partial charge >= 0.3 is 0 Å². The molecule has 0 saturated carbocycles. The molecular formula is C12H15NO2S. The number of aryl methyl sites for hydroxylation is 1. The summed E-state index contributed by atoms with van der Waals surface area (Å²) >= 11 is 0. The van der Waals surface area contributed by atoms with Crippen LogP contribution in [0.1, 0.15) is 12.5 Å². The van der Waals surface area contributed by atoms with Gasteiger partial charge in [0.1, 0.15) is 0 Å². The fourth-order valence-electron chi connectivity index (χ4n) is 1.45. The first kappa shape index (κ1) is 12.8. The lowest BCUT2D eigenvalue weighted by Gasteiger charge is -2.18. The standard InChI is InChI=1S/C12H15NO2S/c1-4-10-13(5-2)16(14,15)12-9-7-6-8-11(12)3/h1,6-9H,5,10H2,2-3H3. The number of rotatable bonds is 4. The van der Waals surface area contributed by atoms with Crippen LogP contribution in [0.2, 0.25) is 0 Å². The second-order valence-electron chi connectivity index (χ2n) is 3.40. The van der Waals surface area contributed by atoms with Crippen LogP contribution in [0.15, 0.2) is 29.2 Å². The molecule has 0 N–H and O–H groups in total. The van der Waals surface area contributed by atoms with Crippen molar-refractivity contribution in [3.63, 3.8) is 0 Å². The van der Waals surface area contributed by atoms with Gasteiger partial charge in [-0.15, -0.1) is 6.42 Å². The van der Waals surface area contributed by atoms with Crippen molar-refractivity contribution in [2.75, 3.05) is 13.1 Å². The first-order valence-corrected chi connectivity index (χ1v) is 6.47. The quantitative estimate of drug-likeness (QED) is 0.747.